The molecule has 1 aromatic rings. The maximum atomic E-state index is 5.51. The van der Waals surface area contributed by atoms with Crippen molar-refractivity contribution in [2.45, 2.75) is 25.5 Å². The number of rotatable bonds is 1. The first-order valence-corrected chi connectivity index (χ1v) is 6.40. The van der Waals surface area contributed by atoms with E-state index < -0.39 is 0 Å². The van der Waals surface area contributed by atoms with Crippen molar-refractivity contribution in [2.75, 3.05) is 13.3 Å². The van der Waals surface area contributed by atoms with Gasteiger partial charge in [-0.25, -0.2) is 0 Å². The summed E-state index contributed by atoms with van der Waals surface area (Å²) in [5, 5.41) is 3.50. The van der Waals surface area contributed by atoms with Crippen LogP contribution in [0.4, 0.5) is 0 Å². The van der Waals surface area contributed by atoms with Gasteiger partial charge in [-0.15, -0.1) is 0 Å². The van der Waals surface area contributed by atoms with Gasteiger partial charge in [0, 0.05) is 16.1 Å². The quantitative estimate of drug-likeness (QED) is 0.860. The Morgan fingerprint density at radius 2 is 2.31 bits per heavy atom. The first kappa shape index (κ1) is 10.6. The molecule has 0 saturated carbocycles. The second-order valence-corrected chi connectivity index (χ2v) is 5.10. The van der Waals surface area contributed by atoms with Crippen LogP contribution in [0.2, 0.25) is 0 Å². The molecule has 0 aliphatic carbocycles. The van der Waals surface area contributed by atoms with Crippen LogP contribution < -0.4 is 10.1 Å². The fourth-order valence-corrected chi connectivity index (χ4v) is 3.00. The predicted molar refractivity (Wildman–Crippen MR) is 64.4 cm³/mol. The summed E-state index contributed by atoms with van der Waals surface area (Å²) in [4.78, 5) is 0. The summed E-state index contributed by atoms with van der Waals surface area (Å²) in [6.07, 6.45) is 2.45. The molecule has 16 heavy (non-hydrogen) atoms. The summed E-state index contributed by atoms with van der Waals surface area (Å²) in [5.41, 5.74) is 2.43. The van der Waals surface area contributed by atoms with Crippen LogP contribution in [0.1, 0.15) is 30.0 Å². The maximum absolute atomic E-state index is 5.51. The lowest BCUT2D eigenvalue weighted by molar-refractivity contribution is -0.0165. The van der Waals surface area contributed by atoms with E-state index in [1.807, 2.05) is 0 Å². The minimum Gasteiger partial charge on any atom is -0.467 e. The number of nitrogens with one attached hydrogen (secondary N) is 1. The number of fused-ring (bicyclic) bond motifs is 1. The Hall–Kier alpha value is -0.580. The molecule has 0 spiro atoms. The average molecular weight is 284 g/mol. The summed E-state index contributed by atoms with van der Waals surface area (Å²) in [5.74, 6) is 0.971. The van der Waals surface area contributed by atoms with Crippen molar-refractivity contribution in [3.8, 4) is 5.75 Å². The van der Waals surface area contributed by atoms with Gasteiger partial charge >= 0.3 is 0 Å². The molecule has 0 amide bonds. The Labute approximate surface area is 103 Å². The molecule has 86 valence electrons. The molecule has 2 heterocycles. The lowest BCUT2D eigenvalue weighted by Gasteiger charge is -2.21. The lowest BCUT2D eigenvalue weighted by Crippen LogP contribution is -2.16. The van der Waals surface area contributed by atoms with E-state index >= 15 is 0 Å². The van der Waals surface area contributed by atoms with Crippen molar-refractivity contribution < 1.29 is 9.47 Å². The van der Waals surface area contributed by atoms with E-state index in [1.165, 1.54) is 18.4 Å². The van der Waals surface area contributed by atoms with Crippen LogP contribution >= 0.6 is 15.9 Å². The Balaban J connectivity index is 1.98. The van der Waals surface area contributed by atoms with E-state index in [0.717, 1.165) is 22.3 Å². The van der Waals surface area contributed by atoms with E-state index in [4.69, 9.17) is 9.47 Å². The topological polar surface area (TPSA) is 30.5 Å². The first-order valence-electron chi connectivity index (χ1n) is 5.61. The van der Waals surface area contributed by atoms with Crippen LogP contribution in [0.25, 0.3) is 0 Å². The van der Waals surface area contributed by atoms with Crippen molar-refractivity contribution in [2.24, 2.45) is 0 Å². The number of ether oxygens (including phenoxy) is 2. The van der Waals surface area contributed by atoms with Gasteiger partial charge in [-0.2, -0.15) is 0 Å². The maximum Gasteiger partial charge on any atom is 0.189 e. The molecule has 1 fully saturated rings. The van der Waals surface area contributed by atoms with Crippen molar-refractivity contribution in [1.82, 2.24) is 5.32 Å². The minimum atomic E-state index is 0.367. The standard InChI is InChI=1S/C12H14BrNO2/c13-10-4-8-6-15-7-16-12(8)5-9(10)11-2-1-3-14-11/h4-5,11,14H,1-3,6-7H2. The van der Waals surface area contributed by atoms with Crippen LogP contribution in [-0.2, 0) is 11.3 Å². The average Bonchev–Trinajstić information content (AvgIpc) is 2.81. The molecular weight excluding hydrogens is 270 g/mol. The monoisotopic (exact) mass is 283 g/mol. The molecule has 0 bridgehead atoms. The number of hydrogen-bond acceptors (Lipinski definition) is 3. The summed E-state index contributed by atoms with van der Waals surface area (Å²) in [6, 6.07) is 4.72. The molecule has 3 rings (SSSR count). The lowest BCUT2D eigenvalue weighted by atomic mass is 10.0. The molecule has 1 aromatic carbocycles. The minimum absolute atomic E-state index is 0.367. The van der Waals surface area contributed by atoms with Crippen LogP contribution in [-0.4, -0.2) is 13.3 Å². The van der Waals surface area contributed by atoms with E-state index in [-0.39, 0.29) is 0 Å². The second kappa shape index (κ2) is 4.35. The third-order valence-electron chi connectivity index (χ3n) is 3.17. The zero-order valence-corrected chi connectivity index (χ0v) is 10.5. The third kappa shape index (κ3) is 1.85. The highest BCUT2D eigenvalue weighted by molar-refractivity contribution is 9.10. The van der Waals surface area contributed by atoms with Gasteiger partial charge in [-0.3, -0.25) is 0 Å². The smallest absolute Gasteiger partial charge is 0.189 e. The van der Waals surface area contributed by atoms with Gasteiger partial charge in [-0.1, -0.05) is 15.9 Å². The Kier molecular flexibility index (Phi) is 2.88. The van der Waals surface area contributed by atoms with Crippen molar-refractivity contribution in [3.05, 3.63) is 27.7 Å². The van der Waals surface area contributed by atoms with Crippen LogP contribution in [0.5, 0.6) is 5.75 Å². The molecule has 1 saturated heterocycles. The molecule has 0 radical (unpaired) electrons. The molecule has 1 atom stereocenters. The molecule has 1 unspecified atom stereocenters. The van der Waals surface area contributed by atoms with Crippen LogP contribution in [0.15, 0.2) is 16.6 Å². The normalized spacial score (nSPS) is 23.9. The van der Waals surface area contributed by atoms with E-state index in [0.29, 0.717) is 19.4 Å². The van der Waals surface area contributed by atoms with Gasteiger partial charge in [0.05, 0.1) is 6.61 Å². The Morgan fingerprint density at radius 3 is 3.12 bits per heavy atom. The highest BCUT2D eigenvalue weighted by Gasteiger charge is 2.21. The fourth-order valence-electron chi connectivity index (χ4n) is 2.33. The molecule has 0 aromatic heterocycles. The molecule has 3 nitrogen and oxygen atoms in total. The molecule has 2 aliphatic rings. The summed E-state index contributed by atoms with van der Waals surface area (Å²) >= 11 is 3.63. The highest BCUT2D eigenvalue weighted by Crippen LogP contribution is 2.36. The SMILES string of the molecule is Brc1cc2c(cc1C1CCCN1)OCOC2. The highest BCUT2D eigenvalue weighted by atomic mass is 79.9. The number of halogens is 1. The predicted octanol–water partition coefficient (Wildman–Crippen LogP) is 2.74. The van der Waals surface area contributed by atoms with E-state index in [1.54, 1.807) is 0 Å². The van der Waals surface area contributed by atoms with Gasteiger partial charge in [0.1, 0.15) is 5.75 Å². The van der Waals surface area contributed by atoms with Crippen LogP contribution in [0, 0.1) is 0 Å². The molecule has 1 N–H and O–H groups in total. The van der Waals surface area contributed by atoms with Gasteiger partial charge in [0.15, 0.2) is 6.79 Å². The zero-order chi connectivity index (χ0) is 11.0. The first-order chi connectivity index (χ1) is 7.84. The van der Waals surface area contributed by atoms with Gasteiger partial charge < -0.3 is 14.8 Å². The summed E-state index contributed by atoms with van der Waals surface area (Å²) in [6.45, 7) is 2.12. The van der Waals surface area contributed by atoms with Crippen molar-refractivity contribution in [1.29, 1.82) is 0 Å². The largest absolute Gasteiger partial charge is 0.467 e. The Morgan fingerprint density at radius 1 is 1.38 bits per heavy atom. The second-order valence-electron chi connectivity index (χ2n) is 4.24. The summed E-state index contributed by atoms with van der Waals surface area (Å²) < 4.78 is 11.9. The fraction of sp³-hybridized carbons (Fsp3) is 0.500. The number of hydrogen-bond donors (Lipinski definition) is 1. The Bertz CT molecular complexity index is 402. The van der Waals surface area contributed by atoms with Gasteiger partial charge in [0.25, 0.3) is 0 Å². The zero-order valence-electron chi connectivity index (χ0n) is 8.96. The van der Waals surface area contributed by atoms with Gasteiger partial charge in [-0.05, 0) is 37.1 Å². The van der Waals surface area contributed by atoms with E-state index in [2.05, 4.69) is 33.4 Å². The van der Waals surface area contributed by atoms with Crippen LogP contribution in [0.3, 0.4) is 0 Å². The molecule has 2 aliphatic heterocycles. The third-order valence-corrected chi connectivity index (χ3v) is 3.86. The number of benzene rings is 1. The molecular formula is C12H14BrNO2. The van der Waals surface area contributed by atoms with Crippen molar-refractivity contribution in [3.63, 3.8) is 0 Å². The molecule has 4 heteroatoms. The van der Waals surface area contributed by atoms with E-state index in [9.17, 15) is 0 Å². The van der Waals surface area contributed by atoms with Crippen molar-refractivity contribution >= 4 is 15.9 Å². The van der Waals surface area contributed by atoms with Gasteiger partial charge in [0.2, 0.25) is 0 Å². The summed E-state index contributed by atoms with van der Waals surface area (Å²) in [7, 11) is 0.